The van der Waals surface area contributed by atoms with E-state index in [1.165, 1.54) is 11.8 Å². The summed E-state index contributed by atoms with van der Waals surface area (Å²) in [5.74, 6) is 4.22. The number of carboxylic acid groups (broad SMARTS) is 1. The molecule has 0 aliphatic rings. The molecule has 0 atom stereocenters. The largest absolute Gasteiger partial charge is 0.477 e. The highest BCUT2D eigenvalue weighted by molar-refractivity contribution is 7.98. The van der Waals surface area contributed by atoms with Crippen LogP contribution in [0.15, 0.2) is 5.03 Å². The SMILES string of the molecule is CSc1n[nH]c(NN)c1C(=O)O. The summed E-state index contributed by atoms with van der Waals surface area (Å²) in [5.41, 5.74) is 2.29. The van der Waals surface area contributed by atoms with Gasteiger partial charge in [-0.2, -0.15) is 5.10 Å². The summed E-state index contributed by atoms with van der Waals surface area (Å²) in [6.07, 6.45) is 1.74. The molecular weight excluding hydrogens is 180 g/mol. The number of carbonyl (C=O) groups is 1. The molecule has 6 nitrogen and oxygen atoms in total. The summed E-state index contributed by atoms with van der Waals surface area (Å²) in [4.78, 5) is 10.7. The van der Waals surface area contributed by atoms with E-state index in [4.69, 9.17) is 10.9 Å². The van der Waals surface area contributed by atoms with Gasteiger partial charge >= 0.3 is 5.97 Å². The van der Waals surface area contributed by atoms with Gasteiger partial charge in [-0.05, 0) is 6.26 Å². The fourth-order valence-corrected chi connectivity index (χ4v) is 1.31. The quantitative estimate of drug-likeness (QED) is 0.305. The van der Waals surface area contributed by atoms with Crippen molar-refractivity contribution in [2.45, 2.75) is 5.03 Å². The predicted octanol–water partition coefficient (Wildman–Crippen LogP) is 0.115. The molecule has 0 saturated carbocycles. The molecule has 66 valence electrons. The highest BCUT2D eigenvalue weighted by atomic mass is 32.2. The fraction of sp³-hybridized carbons (Fsp3) is 0.200. The second-order valence-electron chi connectivity index (χ2n) is 1.93. The number of carboxylic acids is 1. The number of hydrogen-bond acceptors (Lipinski definition) is 5. The molecule has 0 unspecified atom stereocenters. The average Bonchev–Trinajstić information content (AvgIpc) is 2.46. The van der Waals surface area contributed by atoms with E-state index in [-0.39, 0.29) is 11.4 Å². The summed E-state index contributed by atoms with van der Waals surface area (Å²) >= 11 is 1.24. The Morgan fingerprint density at radius 2 is 2.50 bits per heavy atom. The third-order valence-corrected chi connectivity index (χ3v) is 1.97. The Balaban J connectivity index is 3.16. The number of rotatable bonds is 3. The highest BCUT2D eigenvalue weighted by Gasteiger charge is 2.18. The van der Waals surface area contributed by atoms with Crippen LogP contribution in [0.5, 0.6) is 0 Å². The van der Waals surface area contributed by atoms with Crippen molar-refractivity contribution in [2.75, 3.05) is 11.7 Å². The second-order valence-corrected chi connectivity index (χ2v) is 2.73. The molecule has 1 aromatic rings. The maximum atomic E-state index is 10.7. The third kappa shape index (κ3) is 1.36. The molecule has 0 bridgehead atoms. The van der Waals surface area contributed by atoms with Crippen molar-refractivity contribution in [3.63, 3.8) is 0 Å². The Kier molecular flexibility index (Phi) is 2.56. The molecule has 1 rings (SSSR count). The molecular formula is C5H8N4O2S. The molecule has 0 aromatic carbocycles. The average molecular weight is 188 g/mol. The van der Waals surface area contributed by atoms with Gasteiger partial charge in [0.2, 0.25) is 0 Å². The van der Waals surface area contributed by atoms with E-state index < -0.39 is 5.97 Å². The van der Waals surface area contributed by atoms with Crippen molar-refractivity contribution in [3.8, 4) is 0 Å². The van der Waals surface area contributed by atoms with Crippen LogP contribution in [0.4, 0.5) is 5.82 Å². The molecule has 0 aliphatic heterocycles. The summed E-state index contributed by atoms with van der Waals surface area (Å²) in [7, 11) is 0. The van der Waals surface area contributed by atoms with Crippen molar-refractivity contribution >= 4 is 23.5 Å². The lowest BCUT2D eigenvalue weighted by Crippen LogP contribution is -2.11. The summed E-state index contributed by atoms with van der Waals surface area (Å²) in [6.45, 7) is 0. The van der Waals surface area contributed by atoms with Crippen LogP contribution in [0.25, 0.3) is 0 Å². The number of nitrogens with one attached hydrogen (secondary N) is 2. The Bertz CT molecular complexity index is 276. The van der Waals surface area contributed by atoms with Crippen molar-refractivity contribution in [2.24, 2.45) is 5.84 Å². The molecule has 0 spiro atoms. The van der Waals surface area contributed by atoms with Crippen LogP contribution >= 0.6 is 11.8 Å². The zero-order valence-corrected chi connectivity index (χ0v) is 7.10. The van der Waals surface area contributed by atoms with Gasteiger partial charge in [-0.3, -0.25) is 5.10 Å². The van der Waals surface area contributed by atoms with E-state index in [1.54, 1.807) is 6.26 Å². The predicted molar refractivity (Wildman–Crippen MR) is 45.1 cm³/mol. The van der Waals surface area contributed by atoms with Crippen LogP contribution in [0.3, 0.4) is 0 Å². The number of H-pyrrole nitrogens is 1. The minimum absolute atomic E-state index is 0.0741. The Labute approximate surface area is 72.5 Å². The van der Waals surface area contributed by atoms with Crippen LogP contribution in [0.2, 0.25) is 0 Å². The van der Waals surface area contributed by atoms with Crippen LogP contribution in [0, 0.1) is 0 Å². The van der Waals surface area contributed by atoms with Gasteiger partial charge in [0.15, 0.2) is 5.82 Å². The Morgan fingerprint density at radius 3 is 2.92 bits per heavy atom. The zero-order chi connectivity index (χ0) is 9.14. The number of hydrazine groups is 1. The first-order valence-electron chi connectivity index (χ1n) is 3.03. The number of aromatic amines is 1. The van der Waals surface area contributed by atoms with E-state index in [2.05, 4.69) is 15.6 Å². The Hall–Kier alpha value is -1.21. The first-order valence-corrected chi connectivity index (χ1v) is 4.25. The molecule has 0 fully saturated rings. The molecule has 0 saturated heterocycles. The first-order chi connectivity index (χ1) is 5.70. The molecule has 0 aliphatic carbocycles. The number of nitrogens with two attached hydrogens (primary N) is 1. The maximum Gasteiger partial charge on any atom is 0.342 e. The molecule has 5 N–H and O–H groups in total. The van der Waals surface area contributed by atoms with Gasteiger partial charge in [-0.25, -0.2) is 10.6 Å². The van der Waals surface area contributed by atoms with E-state index >= 15 is 0 Å². The van der Waals surface area contributed by atoms with Gasteiger partial charge in [0, 0.05) is 0 Å². The number of hydrogen-bond donors (Lipinski definition) is 4. The van der Waals surface area contributed by atoms with Crippen molar-refractivity contribution in [1.82, 2.24) is 10.2 Å². The molecule has 1 aromatic heterocycles. The normalized spacial score (nSPS) is 9.83. The van der Waals surface area contributed by atoms with Gasteiger partial charge in [0.25, 0.3) is 0 Å². The summed E-state index contributed by atoms with van der Waals surface area (Å²) in [5, 5.41) is 15.4. The number of anilines is 1. The molecule has 0 radical (unpaired) electrons. The molecule has 0 amide bonds. The molecule has 1 heterocycles. The molecule has 7 heteroatoms. The van der Waals surface area contributed by atoms with Crippen LogP contribution in [0.1, 0.15) is 10.4 Å². The number of aromatic carboxylic acids is 1. The van der Waals surface area contributed by atoms with Crippen LogP contribution in [-0.4, -0.2) is 27.5 Å². The third-order valence-electron chi connectivity index (χ3n) is 1.28. The van der Waals surface area contributed by atoms with Gasteiger partial charge in [0.05, 0.1) is 0 Å². The first kappa shape index (κ1) is 8.88. The van der Waals surface area contributed by atoms with Gasteiger partial charge in [-0.15, -0.1) is 11.8 Å². The number of aromatic nitrogens is 2. The summed E-state index contributed by atoms with van der Waals surface area (Å²) in [6, 6.07) is 0. The van der Waals surface area contributed by atoms with Crippen LogP contribution < -0.4 is 11.3 Å². The maximum absolute atomic E-state index is 10.7. The lowest BCUT2D eigenvalue weighted by molar-refractivity contribution is 0.0694. The lowest BCUT2D eigenvalue weighted by atomic mass is 10.3. The molecule has 12 heavy (non-hydrogen) atoms. The number of nitrogen functional groups attached to an aromatic ring is 1. The summed E-state index contributed by atoms with van der Waals surface area (Å²) < 4.78 is 0. The number of nitrogens with zero attached hydrogens (tertiary/aromatic N) is 1. The zero-order valence-electron chi connectivity index (χ0n) is 6.29. The van der Waals surface area contributed by atoms with E-state index in [1.807, 2.05) is 0 Å². The second kappa shape index (κ2) is 3.46. The lowest BCUT2D eigenvalue weighted by Gasteiger charge is -1.96. The van der Waals surface area contributed by atoms with Crippen molar-refractivity contribution in [3.05, 3.63) is 5.56 Å². The highest BCUT2D eigenvalue weighted by Crippen LogP contribution is 2.22. The van der Waals surface area contributed by atoms with Crippen molar-refractivity contribution in [1.29, 1.82) is 0 Å². The smallest absolute Gasteiger partial charge is 0.342 e. The van der Waals surface area contributed by atoms with Crippen LogP contribution in [-0.2, 0) is 0 Å². The topological polar surface area (TPSA) is 104 Å². The van der Waals surface area contributed by atoms with Crippen molar-refractivity contribution < 1.29 is 9.90 Å². The van der Waals surface area contributed by atoms with E-state index in [9.17, 15) is 4.79 Å². The number of thioether (sulfide) groups is 1. The van der Waals surface area contributed by atoms with Gasteiger partial charge < -0.3 is 10.5 Å². The van der Waals surface area contributed by atoms with Gasteiger partial charge in [0.1, 0.15) is 10.6 Å². The minimum Gasteiger partial charge on any atom is -0.477 e. The minimum atomic E-state index is -1.05. The van der Waals surface area contributed by atoms with E-state index in [0.29, 0.717) is 5.03 Å². The van der Waals surface area contributed by atoms with Gasteiger partial charge in [-0.1, -0.05) is 0 Å². The standard InChI is InChI=1S/C5H8N4O2S/c1-12-4-2(5(10)11)3(7-6)8-9-4/h6H2,1H3,(H,10,11)(H2,7,8,9). The van der Waals surface area contributed by atoms with E-state index in [0.717, 1.165) is 0 Å². The fourth-order valence-electron chi connectivity index (χ4n) is 0.776. The monoisotopic (exact) mass is 188 g/mol. The Morgan fingerprint density at radius 1 is 1.83 bits per heavy atom.